The number of benzene rings is 1. The minimum Gasteiger partial charge on any atom is -0.485 e. The Balaban J connectivity index is 2.18. The number of hydrogen-bond acceptors (Lipinski definition) is 3. The number of halogens is 2. The molecule has 0 fully saturated rings. The fourth-order valence-electron chi connectivity index (χ4n) is 1.61. The third-order valence-corrected chi connectivity index (χ3v) is 3.65. The fraction of sp³-hybridized carbons (Fsp3) is 0.143. The van der Waals surface area contributed by atoms with Crippen LogP contribution in [0.5, 0.6) is 5.75 Å². The Kier molecular flexibility index (Phi) is 4.71. The lowest BCUT2D eigenvalue weighted by Gasteiger charge is -2.10. The summed E-state index contributed by atoms with van der Waals surface area (Å²) in [7, 11) is 0. The molecule has 0 radical (unpaired) electrons. The Morgan fingerprint density at radius 2 is 1.95 bits per heavy atom. The largest absolute Gasteiger partial charge is 0.485 e. The Morgan fingerprint density at radius 3 is 2.53 bits per heavy atom. The van der Waals surface area contributed by atoms with E-state index in [1.807, 2.05) is 25.1 Å². The smallest absolute Gasteiger partial charge is 0.150 e. The standard InChI is InChI=1S/C14H11Br2NO2/c1-9-3-2-4-11(17-9)8-19-14-12(15)5-10(7-18)6-13(14)16/h2-7H,8H2,1H3. The lowest BCUT2D eigenvalue weighted by molar-refractivity contribution is 0.112. The molecule has 98 valence electrons. The van der Waals surface area contributed by atoms with Crippen LogP contribution in [0.2, 0.25) is 0 Å². The highest BCUT2D eigenvalue weighted by atomic mass is 79.9. The van der Waals surface area contributed by atoms with Gasteiger partial charge in [0, 0.05) is 11.3 Å². The number of ether oxygens (including phenoxy) is 1. The molecule has 0 aliphatic heterocycles. The van der Waals surface area contributed by atoms with Gasteiger partial charge in [-0.05, 0) is 63.0 Å². The molecule has 3 nitrogen and oxygen atoms in total. The Labute approximate surface area is 128 Å². The lowest BCUT2D eigenvalue weighted by Crippen LogP contribution is -2.00. The van der Waals surface area contributed by atoms with Crippen LogP contribution in [0.25, 0.3) is 0 Å². The van der Waals surface area contributed by atoms with Gasteiger partial charge in [-0.3, -0.25) is 9.78 Å². The molecule has 2 rings (SSSR count). The van der Waals surface area contributed by atoms with Crippen LogP contribution in [0.4, 0.5) is 0 Å². The monoisotopic (exact) mass is 383 g/mol. The molecular weight excluding hydrogens is 374 g/mol. The Hall–Kier alpha value is -1.20. The number of hydrogen-bond donors (Lipinski definition) is 0. The van der Waals surface area contributed by atoms with E-state index >= 15 is 0 Å². The van der Waals surface area contributed by atoms with Gasteiger partial charge in [-0.15, -0.1) is 0 Å². The van der Waals surface area contributed by atoms with E-state index in [9.17, 15) is 4.79 Å². The van der Waals surface area contributed by atoms with Crippen molar-refractivity contribution in [3.05, 3.63) is 56.2 Å². The first-order valence-corrected chi connectivity index (χ1v) is 7.18. The maximum atomic E-state index is 10.7. The molecule has 0 bridgehead atoms. The molecule has 0 unspecified atom stereocenters. The van der Waals surface area contributed by atoms with Crippen molar-refractivity contribution >= 4 is 38.1 Å². The minimum absolute atomic E-state index is 0.374. The molecule has 1 heterocycles. The Bertz CT molecular complexity index is 591. The molecular formula is C14H11Br2NO2. The van der Waals surface area contributed by atoms with Gasteiger partial charge in [-0.2, -0.15) is 0 Å². The van der Waals surface area contributed by atoms with Crippen LogP contribution in [0, 0.1) is 6.92 Å². The van der Waals surface area contributed by atoms with E-state index in [4.69, 9.17) is 4.74 Å². The quantitative estimate of drug-likeness (QED) is 0.737. The summed E-state index contributed by atoms with van der Waals surface area (Å²) in [6.45, 7) is 2.31. The van der Waals surface area contributed by atoms with Crippen LogP contribution in [0.3, 0.4) is 0 Å². The van der Waals surface area contributed by atoms with Gasteiger partial charge in [0.05, 0.1) is 14.6 Å². The van der Waals surface area contributed by atoms with Gasteiger partial charge in [0.25, 0.3) is 0 Å². The second kappa shape index (κ2) is 6.30. The molecule has 0 N–H and O–H groups in total. The summed E-state index contributed by atoms with van der Waals surface area (Å²) in [4.78, 5) is 15.1. The van der Waals surface area contributed by atoms with Crippen molar-refractivity contribution in [1.29, 1.82) is 0 Å². The van der Waals surface area contributed by atoms with Crippen molar-refractivity contribution < 1.29 is 9.53 Å². The van der Waals surface area contributed by atoms with Gasteiger partial charge < -0.3 is 4.74 Å². The number of rotatable bonds is 4. The highest BCUT2D eigenvalue weighted by Gasteiger charge is 2.09. The molecule has 2 aromatic rings. The second-order valence-corrected chi connectivity index (χ2v) is 5.70. The first-order valence-electron chi connectivity index (χ1n) is 5.59. The van der Waals surface area contributed by atoms with Crippen molar-refractivity contribution in [2.24, 2.45) is 0 Å². The molecule has 1 aromatic heterocycles. The zero-order chi connectivity index (χ0) is 13.8. The van der Waals surface area contributed by atoms with Gasteiger partial charge in [0.1, 0.15) is 18.6 Å². The van der Waals surface area contributed by atoms with Crippen molar-refractivity contribution in [1.82, 2.24) is 4.98 Å². The predicted octanol–water partition coefficient (Wildman–Crippen LogP) is 4.31. The highest BCUT2D eigenvalue weighted by molar-refractivity contribution is 9.11. The van der Waals surface area contributed by atoms with Crippen LogP contribution in [0.15, 0.2) is 39.3 Å². The molecule has 0 atom stereocenters. The van der Waals surface area contributed by atoms with Gasteiger partial charge in [0.15, 0.2) is 0 Å². The van der Waals surface area contributed by atoms with Crippen LogP contribution in [0.1, 0.15) is 21.7 Å². The number of aryl methyl sites for hydroxylation is 1. The van der Waals surface area contributed by atoms with Crippen LogP contribution < -0.4 is 4.74 Å². The number of nitrogens with zero attached hydrogens (tertiary/aromatic N) is 1. The maximum absolute atomic E-state index is 10.7. The number of aldehydes is 1. The van der Waals surface area contributed by atoms with Crippen molar-refractivity contribution in [3.8, 4) is 5.75 Å². The van der Waals surface area contributed by atoms with E-state index in [1.54, 1.807) is 12.1 Å². The first-order chi connectivity index (χ1) is 9.10. The number of carbonyl (C=O) groups is 1. The van der Waals surface area contributed by atoms with E-state index in [0.717, 1.165) is 26.6 Å². The molecule has 0 aliphatic carbocycles. The summed E-state index contributed by atoms with van der Waals surface area (Å²) in [5, 5.41) is 0. The molecule has 0 saturated carbocycles. The second-order valence-electron chi connectivity index (χ2n) is 3.99. The summed E-state index contributed by atoms with van der Waals surface area (Å²) in [6.07, 6.45) is 0.793. The van der Waals surface area contributed by atoms with E-state index in [-0.39, 0.29) is 0 Å². The van der Waals surface area contributed by atoms with Gasteiger partial charge in [-0.1, -0.05) is 6.07 Å². The molecule has 5 heteroatoms. The number of pyridine rings is 1. The van der Waals surface area contributed by atoms with Crippen LogP contribution in [-0.2, 0) is 6.61 Å². The van der Waals surface area contributed by atoms with Crippen LogP contribution >= 0.6 is 31.9 Å². The minimum atomic E-state index is 0.374. The van der Waals surface area contributed by atoms with E-state index in [1.165, 1.54) is 0 Å². The highest BCUT2D eigenvalue weighted by Crippen LogP contribution is 2.34. The summed E-state index contributed by atoms with van der Waals surface area (Å²) < 4.78 is 7.20. The molecule has 0 amide bonds. The fourth-order valence-corrected chi connectivity index (χ4v) is 3.06. The maximum Gasteiger partial charge on any atom is 0.150 e. The third kappa shape index (κ3) is 3.64. The molecule has 0 aliphatic rings. The number of carbonyl (C=O) groups excluding carboxylic acids is 1. The zero-order valence-electron chi connectivity index (χ0n) is 10.2. The first kappa shape index (κ1) is 14.2. The van der Waals surface area contributed by atoms with Crippen molar-refractivity contribution in [2.75, 3.05) is 0 Å². The average molecular weight is 385 g/mol. The van der Waals surface area contributed by atoms with Crippen LogP contribution in [-0.4, -0.2) is 11.3 Å². The molecule has 0 spiro atoms. The normalized spacial score (nSPS) is 10.3. The van der Waals surface area contributed by atoms with Gasteiger partial charge in [-0.25, -0.2) is 0 Å². The SMILES string of the molecule is Cc1cccc(COc2c(Br)cc(C=O)cc2Br)n1. The average Bonchev–Trinajstić information content (AvgIpc) is 2.37. The summed E-state index contributed by atoms with van der Waals surface area (Å²) >= 11 is 6.78. The number of aromatic nitrogens is 1. The molecule has 19 heavy (non-hydrogen) atoms. The third-order valence-electron chi connectivity index (χ3n) is 2.47. The molecule has 0 saturated heterocycles. The Morgan fingerprint density at radius 1 is 1.26 bits per heavy atom. The van der Waals surface area contributed by atoms with E-state index in [2.05, 4.69) is 36.8 Å². The summed E-state index contributed by atoms with van der Waals surface area (Å²) in [6, 6.07) is 9.23. The zero-order valence-corrected chi connectivity index (χ0v) is 13.4. The van der Waals surface area contributed by atoms with Gasteiger partial charge in [0.2, 0.25) is 0 Å². The van der Waals surface area contributed by atoms with Gasteiger partial charge >= 0.3 is 0 Å². The molecule has 1 aromatic carbocycles. The summed E-state index contributed by atoms with van der Waals surface area (Å²) in [5.41, 5.74) is 2.40. The predicted molar refractivity (Wildman–Crippen MR) is 80.5 cm³/mol. The summed E-state index contributed by atoms with van der Waals surface area (Å²) in [5.74, 6) is 0.661. The lowest BCUT2D eigenvalue weighted by atomic mass is 10.2. The van der Waals surface area contributed by atoms with Crippen molar-refractivity contribution in [3.63, 3.8) is 0 Å². The van der Waals surface area contributed by atoms with Crippen molar-refractivity contribution in [2.45, 2.75) is 13.5 Å². The van der Waals surface area contributed by atoms with E-state index in [0.29, 0.717) is 17.9 Å². The topological polar surface area (TPSA) is 39.2 Å². The van der Waals surface area contributed by atoms with E-state index < -0.39 is 0 Å².